The Labute approximate surface area is 96.2 Å². The Bertz CT molecular complexity index is 460. The van der Waals surface area contributed by atoms with Crippen molar-refractivity contribution in [3.63, 3.8) is 0 Å². The summed E-state index contributed by atoms with van der Waals surface area (Å²) in [6.45, 7) is 0.448. The van der Waals surface area contributed by atoms with Gasteiger partial charge in [0.1, 0.15) is 18.5 Å². The molecular formula is C8H9ClN6O. The van der Waals surface area contributed by atoms with E-state index < -0.39 is 0 Å². The van der Waals surface area contributed by atoms with Gasteiger partial charge in [-0.05, 0) is 0 Å². The Kier molecular flexibility index (Phi) is 3.16. The summed E-state index contributed by atoms with van der Waals surface area (Å²) in [5.74, 6) is 1.61. The maximum Gasteiger partial charge on any atom is 0.198 e. The van der Waals surface area contributed by atoms with Crippen LogP contribution in [-0.4, -0.2) is 32.3 Å². The van der Waals surface area contributed by atoms with Gasteiger partial charge >= 0.3 is 0 Å². The number of nitrogens with one attached hydrogen (secondary N) is 2. The van der Waals surface area contributed by atoms with Gasteiger partial charge in [-0.15, -0.1) is 0 Å². The van der Waals surface area contributed by atoms with E-state index in [0.717, 1.165) is 0 Å². The third kappa shape index (κ3) is 2.19. The van der Waals surface area contributed by atoms with Crippen LogP contribution < -0.4 is 10.1 Å². The van der Waals surface area contributed by atoms with E-state index in [9.17, 15) is 0 Å². The van der Waals surface area contributed by atoms with Crippen LogP contribution >= 0.6 is 11.6 Å². The third-order valence-corrected chi connectivity index (χ3v) is 2.12. The summed E-state index contributed by atoms with van der Waals surface area (Å²) in [5, 5.41) is 9.72. The molecule has 2 heterocycles. The van der Waals surface area contributed by atoms with E-state index in [1.54, 1.807) is 0 Å². The molecule has 2 rings (SSSR count). The molecule has 0 aliphatic heterocycles. The lowest BCUT2D eigenvalue weighted by atomic mass is 10.5. The van der Waals surface area contributed by atoms with Gasteiger partial charge in [-0.1, -0.05) is 11.6 Å². The zero-order chi connectivity index (χ0) is 11.4. The number of rotatable bonds is 4. The molecule has 0 saturated carbocycles. The molecule has 0 spiro atoms. The van der Waals surface area contributed by atoms with Gasteiger partial charge in [0.25, 0.3) is 0 Å². The summed E-state index contributed by atoms with van der Waals surface area (Å²) < 4.78 is 5.08. The number of aromatic nitrogens is 5. The van der Waals surface area contributed by atoms with E-state index in [1.165, 1.54) is 19.8 Å². The molecule has 0 unspecified atom stereocenters. The van der Waals surface area contributed by atoms with Crippen LogP contribution in [-0.2, 0) is 6.54 Å². The maximum atomic E-state index is 5.84. The zero-order valence-electron chi connectivity index (χ0n) is 8.44. The molecule has 16 heavy (non-hydrogen) atoms. The number of aromatic amines is 1. The van der Waals surface area contributed by atoms with Crippen LogP contribution in [0.3, 0.4) is 0 Å². The number of nitrogens with zero attached hydrogens (tertiary/aromatic N) is 4. The van der Waals surface area contributed by atoms with Crippen LogP contribution in [0.25, 0.3) is 0 Å². The maximum absolute atomic E-state index is 5.84. The minimum absolute atomic E-state index is 0.262. The lowest BCUT2D eigenvalue weighted by Gasteiger charge is -2.08. The Morgan fingerprint density at radius 1 is 1.38 bits per heavy atom. The van der Waals surface area contributed by atoms with E-state index in [1.807, 2.05) is 0 Å². The molecule has 0 bridgehead atoms. The lowest BCUT2D eigenvalue weighted by molar-refractivity contribution is 0.413. The van der Waals surface area contributed by atoms with Gasteiger partial charge in [0, 0.05) is 0 Å². The largest absolute Gasteiger partial charge is 0.490 e. The van der Waals surface area contributed by atoms with E-state index >= 15 is 0 Å². The van der Waals surface area contributed by atoms with Crippen LogP contribution in [0.2, 0.25) is 5.15 Å². The molecule has 0 fully saturated rings. The molecule has 0 aromatic carbocycles. The fourth-order valence-corrected chi connectivity index (χ4v) is 1.35. The van der Waals surface area contributed by atoms with Crippen molar-refractivity contribution in [3.8, 4) is 5.75 Å². The van der Waals surface area contributed by atoms with E-state index in [0.29, 0.717) is 23.9 Å². The predicted molar refractivity (Wildman–Crippen MR) is 57.3 cm³/mol. The van der Waals surface area contributed by atoms with Gasteiger partial charge in [-0.3, -0.25) is 5.10 Å². The van der Waals surface area contributed by atoms with Crippen LogP contribution in [0.5, 0.6) is 5.75 Å². The Morgan fingerprint density at radius 3 is 2.94 bits per heavy atom. The van der Waals surface area contributed by atoms with E-state index in [2.05, 4.69) is 30.5 Å². The summed E-state index contributed by atoms with van der Waals surface area (Å²) in [6, 6.07) is 0. The minimum Gasteiger partial charge on any atom is -0.490 e. The number of anilines is 1. The highest BCUT2D eigenvalue weighted by atomic mass is 35.5. The number of halogens is 1. The highest BCUT2D eigenvalue weighted by Crippen LogP contribution is 2.28. The molecule has 7 nitrogen and oxygen atoms in total. The van der Waals surface area contributed by atoms with Crippen molar-refractivity contribution in [2.75, 3.05) is 12.4 Å². The van der Waals surface area contributed by atoms with Gasteiger partial charge in [-0.2, -0.15) is 5.10 Å². The van der Waals surface area contributed by atoms with Crippen molar-refractivity contribution in [1.29, 1.82) is 0 Å². The fourth-order valence-electron chi connectivity index (χ4n) is 1.14. The zero-order valence-corrected chi connectivity index (χ0v) is 9.19. The molecule has 0 saturated heterocycles. The van der Waals surface area contributed by atoms with Crippen LogP contribution in [0.1, 0.15) is 5.82 Å². The summed E-state index contributed by atoms with van der Waals surface area (Å²) in [6.07, 6.45) is 2.79. The molecule has 0 radical (unpaired) electrons. The van der Waals surface area contributed by atoms with Gasteiger partial charge < -0.3 is 10.1 Å². The fraction of sp³-hybridized carbons (Fsp3) is 0.250. The number of methoxy groups -OCH3 is 1. The van der Waals surface area contributed by atoms with Crippen molar-refractivity contribution >= 4 is 17.4 Å². The molecule has 2 aromatic heterocycles. The monoisotopic (exact) mass is 240 g/mol. The molecular weight excluding hydrogens is 232 g/mol. The summed E-state index contributed by atoms with van der Waals surface area (Å²) in [5.41, 5.74) is 0. The molecule has 2 N–H and O–H groups in total. The van der Waals surface area contributed by atoms with Crippen LogP contribution in [0.15, 0.2) is 12.7 Å². The second-order valence-corrected chi connectivity index (χ2v) is 3.19. The van der Waals surface area contributed by atoms with Crippen molar-refractivity contribution in [1.82, 2.24) is 25.1 Å². The first-order chi connectivity index (χ1) is 7.81. The second kappa shape index (κ2) is 4.75. The van der Waals surface area contributed by atoms with Crippen molar-refractivity contribution in [3.05, 3.63) is 23.6 Å². The van der Waals surface area contributed by atoms with Gasteiger partial charge in [0.2, 0.25) is 0 Å². The number of ether oxygens (including phenoxy) is 1. The third-order valence-electron chi connectivity index (χ3n) is 1.85. The topological polar surface area (TPSA) is 88.6 Å². The molecule has 8 heteroatoms. The van der Waals surface area contributed by atoms with Crippen LogP contribution in [0.4, 0.5) is 5.82 Å². The normalized spacial score (nSPS) is 10.1. The minimum atomic E-state index is 0.262. The van der Waals surface area contributed by atoms with E-state index in [4.69, 9.17) is 16.3 Å². The highest BCUT2D eigenvalue weighted by Gasteiger charge is 2.09. The first-order valence-electron chi connectivity index (χ1n) is 4.44. The molecule has 0 atom stereocenters. The van der Waals surface area contributed by atoms with Crippen LogP contribution in [0, 0.1) is 0 Å². The van der Waals surface area contributed by atoms with Crippen molar-refractivity contribution < 1.29 is 4.74 Å². The molecule has 0 aliphatic carbocycles. The lowest BCUT2D eigenvalue weighted by Crippen LogP contribution is -2.05. The van der Waals surface area contributed by atoms with Crippen molar-refractivity contribution in [2.24, 2.45) is 0 Å². The molecule has 0 amide bonds. The van der Waals surface area contributed by atoms with Gasteiger partial charge in [-0.25, -0.2) is 15.0 Å². The predicted octanol–water partition coefficient (Wildman–Crippen LogP) is 0.869. The Morgan fingerprint density at radius 2 is 2.25 bits per heavy atom. The number of hydrogen-bond donors (Lipinski definition) is 2. The first kappa shape index (κ1) is 10.6. The molecule has 2 aromatic rings. The SMILES string of the molecule is COc1c(Cl)ncnc1NCc1ncn[nH]1. The average Bonchev–Trinajstić information content (AvgIpc) is 2.79. The smallest absolute Gasteiger partial charge is 0.198 e. The second-order valence-electron chi connectivity index (χ2n) is 2.83. The van der Waals surface area contributed by atoms with Gasteiger partial charge in [0.05, 0.1) is 13.7 Å². The average molecular weight is 241 g/mol. The standard InChI is InChI=1S/C8H9ClN6O/c1-16-6-7(9)12-3-13-8(6)10-2-5-11-4-14-15-5/h3-4H,2H2,1H3,(H,10,12,13)(H,11,14,15). The Hall–Kier alpha value is -1.89. The Balaban J connectivity index is 2.12. The molecule has 0 aliphatic rings. The number of H-pyrrole nitrogens is 1. The quantitative estimate of drug-likeness (QED) is 0.771. The molecule has 84 valence electrons. The van der Waals surface area contributed by atoms with E-state index in [-0.39, 0.29) is 5.15 Å². The highest BCUT2D eigenvalue weighted by molar-refractivity contribution is 6.31. The first-order valence-corrected chi connectivity index (χ1v) is 4.81. The number of hydrogen-bond acceptors (Lipinski definition) is 6. The van der Waals surface area contributed by atoms with Gasteiger partial charge in [0.15, 0.2) is 16.7 Å². The summed E-state index contributed by atoms with van der Waals surface area (Å²) in [7, 11) is 1.50. The van der Waals surface area contributed by atoms with Crippen molar-refractivity contribution in [2.45, 2.75) is 6.54 Å². The summed E-state index contributed by atoms with van der Waals surface area (Å²) in [4.78, 5) is 11.8. The summed E-state index contributed by atoms with van der Waals surface area (Å²) >= 11 is 5.84.